The number of fused-ring (bicyclic) bond motifs is 1. The topological polar surface area (TPSA) is 174 Å². The number of carbonyl (C=O) groups excluding carboxylic acids is 1. The Morgan fingerprint density at radius 1 is 0.759 bits per heavy atom. The normalized spacial score (nSPS) is 12.4. The summed E-state index contributed by atoms with van der Waals surface area (Å²) < 4.78 is 54.7. The lowest BCUT2D eigenvalue weighted by Gasteiger charge is -2.28. The van der Waals surface area contributed by atoms with Crippen molar-refractivity contribution in [2.24, 2.45) is 0 Å². The molecule has 0 fully saturated rings. The third-order valence-corrected chi connectivity index (χ3v) is 9.40. The van der Waals surface area contributed by atoms with Crippen molar-refractivity contribution in [2.45, 2.75) is 58.2 Å². The van der Waals surface area contributed by atoms with Gasteiger partial charge in [0.15, 0.2) is 12.2 Å². The van der Waals surface area contributed by atoms with Gasteiger partial charge in [-0.3, -0.25) is 9.59 Å². The zero-order chi connectivity index (χ0) is 42.6. The molecule has 0 aliphatic carbocycles. The highest BCUT2D eigenvalue weighted by atomic mass is 19.4. The molecule has 2 atom stereocenters. The molecule has 58 heavy (non-hydrogen) atoms. The van der Waals surface area contributed by atoms with Crippen molar-refractivity contribution < 1.29 is 52.4 Å². The maximum atomic E-state index is 14.1. The van der Waals surface area contributed by atoms with Crippen molar-refractivity contribution in [3.05, 3.63) is 136 Å². The molecule has 1 amide bonds. The lowest BCUT2D eigenvalue weighted by Crippen LogP contribution is -2.40. The fourth-order valence-corrected chi connectivity index (χ4v) is 6.06. The van der Waals surface area contributed by atoms with E-state index in [0.29, 0.717) is 54.8 Å². The van der Waals surface area contributed by atoms with Crippen molar-refractivity contribution in [1.29, 1.82) is 0 Å². The minimum Gasteiger partial charge on any atom is -0.479 e. The van der Waals surface area contributed by atoms with Crippen LogP contribution >= 0.6 is 0 Å². The summed E-state index contributed by atoms with van der Waals surface area (Å²) >= 11 is 0. The number of para-hydroxylation sites is 1. The van der Waals surface area contributed by atoms with Crippen LogP contribution in [0.4, 0.5) is 17.6 Å². The van der Waals surface area contributed by atoms with Crippen LogP contribution in [0, 0.1) is 5.82 Å². The predicted molar refractivity (Wildman–Crippen MR) is 207 cm³/mol. The van der Waals surface area contributed by atoms with Gasteiger partial charge >= 0.3 is 18.1 Å². The Hall–Kier alpha value is -5.97. The number of benzene rings is 4. The van der Waals surface area contributed by atoms with Crippen molar-refractivity contribution in [2.75, 3.05) is 26.2 Å². The molecule has 2 unspecified atom stereocenters. The first kappa shape index (κ1) is 44.7. The van der Waals surface area contributed by atoms with E-state index in [1.54, 1.807) is 33.7 Å². The molecule has 308 valence electrons. The van der Waals surface area contributed by atoms with Gasteiger partial charge in [0, 0.05) is 26.1 Å². The number of carbonyl (C=O) groups is 3. The van der Waals surface area contributed by atoms with Crippen LogP contribution in [0.1, 0.15) is 36.4 Å². The minimum absolute atomic E-state index is 0.0475. The van der Waals surface area contributed by atoms with E-state index in [1.165, 1.54) is 24.3 Å². The van der Waals surface area contributed by atoms with Crippen LogP contribution in [0.25, 0.3) is 22.0 Å². The molecule has 0 saturated carbocycles. The summed E-state index contributed by atoms with van der Waals surface area (Å²) in [4.78, 5) is 55.0. The highest BCUT2D eigenvalue weighted by Gasteiger charge is 2.30. The number of rotatable bonds is 16. The number of carboxylic acid groups (broad SMARTS) is 2. The van der Waals surface area contributed by atoms with E-state index in [-0.39, 0.29) is 23.8 Å². The molecular formula is C42H44F4N4O8. The first-order valence-corrected chi connectivity index (χ1v) is 18.3. The summed E-state index contributed by atoms with van der Waals surface area (Å²) in [6.07, 6.45) is -8.16. The molecule has 0 aliphatic heterocycles. The average molecular weight is 809 g/mol. The van der Waals surface area contributed by atoms with E-state index < -0.39 is 35.9 Å². The third-order valence-electron chi connectivity index (χ3n) is 9.40. The predicted octanol–water partition coefficient (Wildman–Crippen LogP) is 5.25. The number of carboxylic acids is 2. The molecule has 4 N–H and O–H groups in total. The summed E-state index contributed by atoms with van der Waals surface area (Å²) in [5.74, 6) is -3.59. The number of likely N-dealkylation sites (N-methyl/N-ethyl adjacent to an activating group) is 1. The number of aromatic nitrogens is 2. The first-order chi connectivity index (χ1) is 27.5. The molecular weight excluding hydrogens is 764 g/mol. The highest BCUT2D eigenvalue weighted by Crippen LogP contribution is 2.31. The number of aliphatic hydroxyl groups excluding tert-OH is 2. The second-order valence-electron chi connectivity index (χ2n) is 13.2. The maximum absolute atomic E-state index is 14.1. The fourth-order valence-electron chi connectivity index (χ4n) is 6.06. The molecule has 0 spiro atoms. The molecule has 5 rings (SSSR count). The standard InChI is InChI=1S/C38H38F4N4O2.C4H6O6/c1-3-44(4-2)22-23-45(25-28-12-15-29(16-13-28)30-17-19-31(20-18-30)38(40,41)42)36(47)26-46-34-11-6-5-10-33(34)37(48)43-35(46)21-14-27-8-7-9-32(39)24-27;5-1(3(7)8)2(6)4(9)10/h5-13,15-20,24H,3-4,14,21-23,25-26H2,1-2H3;1-2,5-6H,(H,7,8)(H,9,10). The van der Waals surface area contributed by atoms with E-state index in [4.69, 9.17) is 20.4 Å². The number of nitrogens with zero attached hydrogens (tertiary/aromatic N) is 4. The van der Waals surface area contributed by atoms with E-state index in [9.17, 15) is 36.7 Å². The molecule has 0 bridgehead atoms. The van der Waals surface area contributed by atoms with E-state index >= 15 is 0 Å². The Balaban J connectivity index is 0.000000657. The molecule has 5 aromatic rings. The number of aryl methyl sites for hydroxylation is 2. The van der Waals surface area contributed by atoms with Gasteiger partial charge in [-0.2, -0.15) is 18.2 Å². The van der Waals surface area contributed by atoms with Gasteiger partial charge in [-0.1, -0.05) is 74.5 Å². The van der Waals surface area contributed by atoms with Gasteiger partial charge in [-0.25, -0.2) is 14.0 Å². The van der Waals surface area contributed by atoms with Crippen LogP contribution in [0.3, 0.4) is 0 Å². The van der Waals surface area contributed by atoms with Gasteiger partial charge in [-0.05, 0) is 78.2 Å². The summed E-state index contributed by atoms with van der Waals surface area (Å²) in [6.45, 7) is 7.20. The van der Waals surface area contributed by atoms with Gasteiger partial charge in [0.1, 0.15) is 18.2 Å². The quantitative estimate of drug-likeness (QED) is 0.0965. The van der Waals surface area contributed by atoms with Crippen molar-refractivity contribution in [3.63, 3.8) is 0 Å². The number of amides is 1. The van der Waals surface area contributed by atoms with Crippen molar-refractivity contribution >= 4 is 28.7 Å². The molecule has 0 radical (unpaired) electrons. The van der Waals surface area contributed by atoms with Gasteiger partial charge in [-0.15, -0.1) is 0 Å². The molecule has 1 heterocycles. The summed E-state index contributed by atoms with van der Waals surface area (Å²) in [6, 6.07) is 25.8. The molecule has 1 aromatic heterocycles. The van der Waals surface area contributed by atoms with Crippen LogP contribution in [-0.2, 0) is 46.5 Å². The molecule has 12 nitrogen and oxygen atoms in total. The summed E-state index contributed by atoms with van der Waals surface area (Å²) in [7, 11) is 0. The molecule has 16 heteroatoms. The van der Waals surface area contributed by atoms with E-state index in [1.807, 2.05) is 36.4 Å². The summed E-state index contributed by atoms with van der Waals surface area (Å²) in [5.41, 5.74) is 2.58. The van der Waals surface area contributed by atoms with Crippen LogP contribution < -0.4 is 5.56 Å². The van der Waals surface area contributed by atoms with Gasteiger partial charge in [0.05, 0.1) is 16.5 Å². The van der Waals surface area contributed by atoms with E-state index in [2.05, 4.69) is 23.7 Å². The Kier molecular flexibility index (Phi) is 15.8. The van der Waals surface area contributed by atoms with Crippen LogP contribution in [0.15, 0.2) is 102 Å². The number of hydrogen-bond donors (Lipinski definition) is 4. The Morgan fingerprint density at radius 3 is 1.90 bits per heavy atom. The second-order valence-corrected chi connectivity index (χ2v) is 13.2. The summed E-state index contributed by atoms with van der Waals surface area (Å²) in [5, 5.41) is 32.9. The van der Waals surface area contributed by atoms with Crippen molar-refractivity contribution in [1.82, 2.24) is 19.4 Å². The molecule has 0 saturated heterocycles. The number of aliphatic carboxylic acids is 2. The van der Waals surface area contributed by atoms with Crippen LogP contribution in [0.5, 0.6) is 0 Å². The zero-order valence-electron chi connectivity index (χ0n) is 31.8. The van der Waals surface area contributed by atoms with Crippen LogP contribution in [-0.4, -0.2) is 96.0 Å². The SMILES string of the molecule is CCN(CC)CCN(Cc1ccc(-c2ccc(C(F)(F)F)cc2)cc1)C(=O)Cn1c(CCc2cccc(F)c2)nc(=O)c2ccccc21.O=C(O)C(O)C(O)C(=O)O. The second kappa shape index (κ2) is 20.5. The zero-order valence-corrected chi connectivity index (χ0v) is 31.8. The van der Waals surface area contributed by atoms with Gasteiger partial charge < -0.3 is 34.8 Å². The monoisotopic (exact) mass is 808 g/mol. The highest BCUT2D eigenvalue weighted by molar-refractivity contribution is 5.83. The van der Waals surface area contributed by atoms with Gasteiger partial charge in [0.25, 0.3) is 5.56 Å². The first-order valence-electron chi connectivity index (χ1n) is 18.3. The minimum atomic E-state index is -4.40. The number of aliphatic hydroxyl groups is 2. The molecule has 0 aliphatic rings. The lowest BCUT2D eigenvalue weighted by molar-refractivity contribution is -0.165. The average Bonchev–Trinajstić information content (AvgIpc) is 3.20. The third kappa shape index (κ3) is 12.3. The maximum Gasteiger partial charge on any atom is 0.416 e. The lowest BCUT2D eigenvalue weighted by atomic mass is 10.0. The smallest absolute Gasteiger partial charge is 0.416 e. The van der Waals surface area contributed by atoms with Crippen LogP contribution in [0.2, 0.25) is 0 Å². The Morgan fingerprint density at radius 2 is 1.34 bits per heavy atom. The molecule has 4 aromatic carbocycles. The largest absolute Gasteiger partial charge is 0.479 e. The fraction of sp³-hybridized carbons (Fsp3) is 0.310. The number of alkyl halides is 3. The number of halogens is 4. The van der Waals surface area contributed by atoms with Crippen molar-refractivity contribution in [3.8, 4) is 11.1 Å². The van der Waals surface area contributed by atoms with Gasteiger partial charge in [0.2, 0.25) is 5.91 Å². The number of hydrogen-bond acceptors (Lipinski definition) is 8. The van der Waals surface area contributed by atoms with E-state index in [0.717, 1.165) is 41.9 Å². The Labute approximate surface area is 331 Å². The Bertz CT molecular complexity index is 2210.